The Morgan fingerprint density at radius 1 is 1.06 bits per heavy atom. The first kappa shape index (κ1) is 19.9. The smallest absolute Gasteiger partial charge is 0.231 e. The summed E-state index contributed by atoms with van der Waals surface area (Å²) in [5.74, 6) is 1.37. The fourth-order valence-electron chi connectivity index (χ4n) is 5.17. The molecule has 7 nitrogen and oxygen atoms in total. The summed E-state index contributed by atoms with van der Waals surface area (Å²) in [4.78, 5) is 16.6. The second kappa shape index (κ2) is 7.00. The predicted molar refractivity (Wildman–Crippen MR) is 115 cm³/mol. The van der Waals surface area contributed by atoms with Gasteiger partial charge in [0.1, 0.15) is 5.60 Å². The predicted octanol–water partition coefficient (Wildman–Crippen LogP) is 3.33. The molecule has 2 aliphatic rings. The Hall–Kier alpha value is -3.03. The fraction of sp³-hybridized carbons (Fsp3) is 0.375. The summed E-state index contributed by atoms with van der Waals surface area (Å²) in [5.41, 5.74) is 1.77. The maximum Gasteiger partial charge on any atom is 0.231 e. The lowest BCUT2D eigenvalue weighted by atomic mass is 9.77. The number of hydrogen-bond acceptors (Lipinski definition) is 6. The van der Waals surface area contributed by atoms with Crippen molar-refractivity contribution in [2.45, 2.75) is 37.6 Å². The minimum Gasteiger partial charge on any atom is -0.493 e. The second-order valence-corrected chi connectivity index (χ2v) is 8.09. The average Bonchev–Trinajstić information content (AvgIpc) is 3.23. The lowest BCUT2D eigenvalue weighted by molar-refractivity contribution is -0.101. The van der Waals surface area contributed by atoms with E-state index in [1.165, 1.54) is 7.11 Å². The quantitative estimate of drug-likeness (QED) is 0.669. The Balaban J connectivity index is 1.82. The zero-order valence-corrected chi connectivity index (χ0v) is 17.9. The molecule has 0 aliphatic carbocycles. The molecule has 31 heavy (non-hydrogen) atoms. The van der Waals surface area contributed by atoms with Gasteiger partial charge in [-0.25, -0.2) is 0 Å². The summed E-state index contributed by atoms with van der Waals surface area (Å²) < 4.78 is 22.5. The Kier molecular flexibility index (Phi) is 4.50. The highest BCUT2D eigenvalue weighted by Crippen LogP contribution is 2.54. The molecular formula is C24H25NO6. The highest BCUT2D eigenvalue weighted by molar-refractivity contribution is 5.86. The number of fused-ring (bicyclic) bond motifs is 6. The Morgan fingerprint density at radius 2 is 1.84 bits per heavy atom. The molecule has 1 fully saturated rings. The third kappa shape index (κ3) is 2.63. The number of rotatable bonds is 4. The molecule has 2 N–H and O–H groups in total. The maximum absolute atomic E-state index is 13.3. The van der Waals surface area contributed by atoms with Crippen molar-refractivity contribution in [3.63, 3.8) is 0 Å². The second-order valence-electron chi connectivity index (χ2n) is 8.09. The van der Waals surface area contributed by atoms with Crippen LogP contribution in [0.3, 0.4) is 0 Å². The van der Waals surface area contributed by atoms with E-state index in [1.807, 2.05) is 18.2 Å². The molecule has 7 heteroatoms. The van der Waals surface area contributed by atoms with Crippen LogP contribution in [0.2, 0.25) is 0 Å². The summed E-state index contributed by atoms with van der Waals surface area (Å²) in [6.07, 6.45) is 0.721. The minimum absolute atomic E-state index is 0.200. The molecule has 3 heterocycles. The standard InChI is InChI=1S/C24H25NO6/c1-12-23(30-4)22(26)21-15(25-12)7-6-14-20(21)17-9-10-19(31-17)24(14,27)13-5-8-16(28-2)18(11-13)29-3/h5-8,11,17,19,27H,9-10H2,1-4H3,(H,25,26). The van der Waals surface area contributed by atoms with Crippen LogP contribution in [0, 0.1) is 6.92 Å². The van der Waals surface area contributed by atoms with Crippen molar-refractivity contribution in [1.82, 2.24) is 4.98 Å². The van der Waals surface area contributed by atoms with Gasteiger partial charge in [-0.15, -0.1) is 0 Å². The topological polar surface area (TPSA) is 90.0 Å². The molecular weight excluding hydrogens is 398 g/mol. The zero-order chi connectivity index (χ0) is 21.9. The van der Waals surface area contributed by atoms with E-state index in [-0.39, 0.29) is 17.3 Å². The Labute approximate surface area is 179 Å². The van der Waals surface area contributed by atoms with Gasteiger partial charge in [-0.3, -0.25) is 4.79 Å². The van der Waals surface area contributed by atoms with E-state index >= 15 is 0 Å². The number of aromatic amines is 1. The van der Waals surface area contributed by atoms with Gasteiger partial charge >= 0.3 is 0 Å². The minimum atomic E-state index is -1.43. The SMILES string of the molecule is COc1ccc(C2(O)c3ccc4[nH]c(C)c(OC)c(=O)c4c3C3CCC2O3)cc1OC. The first-order chi connectivity index (χ1) is 14.9. The third-order valence-electron chi connectivity index (χ3n) is 6.59. The highest BCUT2D eigenvalue weighted by Gasteiger charge is 2.52. The van der Waals surface area contributed by atoms with Crippen LogP contribution in [0.1, 0.15) is 41.3 Å². The van der Waals surface area contributed by atoms with Crippen LogP contribution in [0.15, 0.2) is 35.1 Å². The number of H-pyrrole nitrogens is 1. The van der Waals surface area contributed by atoms with Crippen molar-refractivity contribution in [3.05, 3.63) is 62.9 Å². The van der Waals surface area contributed by atoms with Crippen molar-refractivity contribution in [2.24, 2.45) is 0 Å². The van der Waals surface area contributed by atoms with E-state index in [4.69, 9.17) is 18.9 Å². The Morgan fingerprint density at radius 3 is 2.55 bits per heavy atom. The van der Waals surface area contributed by atoms with Crippen LogP contribution in [0.5, 0.6) is 17.2 Å². The average molecular weight is 423 g/mol. The number of aliphatic hydroxyl groups is 1. The van der Waals surface area contributed by atoms with E-state index in [1.54, 1.807) is 33.3 Å². The van der Waals surface area contributed by atoms with Crippen LogP contribution in [-0.4, -0.2) is 37.5 Å². The number of aromatic nitrogens is 1. The fourth-order valence-corrected chi connectivity index (χ4v) is 5.17. The molecule has 2 aromatic carbocycles. The molecule has 1 aromatic heterocycles. The van der Waals surface area contributed by atoms with Crippen molar-refractivity contribution in [1.29, 1.82) is 0 Å². The summed E-state index contributed by atoms with van der Waals surface area (Å²) >= 11 is 0. The van der Waals surface area contributed by atoms with Crippen LogP contribution < -0.4 is 19.6 Å². The molecule has 2 aliphatic heterocycles. The van der Waals surface area contributed by atoms with Crippen LogP contribution in [0.4, 0.5) is 0 Å². The van der Waals surface area contributed by atoms with Crippen LogP contribution in [-0.2, 0) is 10.3 Å². The van der Waals surface area contributed by atoms with Crippen molar-refractivity contribution in [2.75, 3.05) is 21.3 Å². The molecule has 5 rings (SSSR count). The lowest BCUT2D eigenvalue weighted by Gasteiger charge is -2.40. The number of methoxy groups -OCH3 is 3. The number of pyridine rings is 1. The van der Waals surface area contributed by atoms with Crippen molar-refractivity contribution in [3.8, 4) is 17.2 Å². The van der Waals surface area contributed by atoms with E-state index in [0.29, 0.717) is 45.6 Å². The van der Waals surface area contributed by atoms with Crippen molar-refractivity contribution >= 4 is 10.9 Å². The lowest BCUT2D eigenvalue weighted by Crippen LogP contribution is -2.44. The van der Waals surface area contributed by atoms with E-state index in [9.17, 15) is 9.90 Å². The van der Waals surface area contributed by atoms with Gasteiger partial charge in [0.25, 0.3) is 0 Å². The Bertz CT molecular complexity index is 1250. The summed E-state index contributed by atoms with van der Waals surface area (Å²) in [6, 6.07) is 9.10. The first-order valence-electron chi connectivity index (χ1n) is 10.3. The van der Waals surface area contributed by atoms with Gasteiger partial charge in [0, 0.05) is 5.56 Å². The molecule has 0 spiro atoms. The first-order valence-corrected chi connectivity index (χ1v) is 10.3. The van der Waals surface area contributed by atoms with Gasteiger partial charge in [-0.1, -0.05) is 12.1 Å². The molecule has 0 radical (unpaired) electrons. The molecule has 3 atom stereocenters. The monoisotopic (exact) mass is 423 g/mol. The molecule has 1 saturated heterocycles. The van der Waals surface area contributed by atoms with Crippen LogP contribution in [0.25, 0.3) is 10.9 Å². The van der Waals surface area contributed by atoms with Gasteiger partial charge in [0.05, 0.1) is 50.1 Å². The number of ether oxygens (including phenoxy) is 4. The number of hydrogen-bond donors (Lipinski definition) is 2. The maximum atomic E-state index is 13.3. The molecule has 3 unspecified atom stereocenters. The van der Waals surface area contributed by atoms with Gasteiger partial charge in [-0.05, 0) is 49.1 Å². The van der Waals surface area contributed by atoms with Crippen LogP contribution >= 0.6 is 0 Å². The third-order valence-corrected chi connectivity index (χ3v) is 6.59. The van der Waals surface area contributed by atoms with E-state index in [0.717, 1.165) is 12.0 Å². The van der Waals surface area contributed by atoms with E-state index < -0.39 is 11.7 Å². The number of nitrogens with one attached hydrogen (secondary N) is 1. The molecule has 0 amide bonds. The zero-order valence-electron chi connectivity index (χ0n) is 17.9. The summed E-state index contributed by atoms with van der Waals surface area (Å²) in [5, 5.41) is 12.6. The number of aryl methyl sites for hydroxylation is 1. The van der Waals surface area contributed by atoms with Gasteiger partial charge < -0.3 is 29.0 Å². The number of benzene rings is 2. The van der Waals surface area contributed by atoms with Gasteiger partial charge in [0.15, 0.2) is 17.2 Å². The normalized spacial score (nSPS) is 24.2. The molecule has 0 saturated carbocycles. The van der Waals surface area contributed by atoms with Crippen molar-refractivity contribution < 1.29 is 24.1 Å². The van der Waals surface area contributed by atoms with Gasteiger partial charge in [-0.2, -0.15) is 0 Å². The molecule has 162 valence electrons. The highest BCUT2D eigenvalue weighted by atomic mass is 16.5. The largest absolute Gasteiger partial charge is 0.493 e. The summed E-state index contributed by atoms with van der Waals surface area (Å²) in [6.45, 7) is 1.81. The summed E-state index contributed by atoms with van der Waals surface area (Å²) in [7, 11) is 4.62. The molecule has 2 bridgehead atoms. The molecule has 3 aromatic rings. The van der Waals surface area contributed by atoms with E-state index in [2.05, 4.69) is 4.98 Å². The van der Waals surface area contributed by atoms with Gasteiger partial charge in [0.2, 0.25) is 5.43 Å².